The molecule has 0 fully saturated rings. The smallest absolute Gasteiger partial charge is 0.312 e. The summed E-state index contributed by atoms with van der Waals surface area (Å²) in [6.07, 6.45) is -0.382. The summed E-state index contributed by atoms with van der Waals surface area (Å²) in [4.78, 5) is 59.7. The highest BCUT2D eigenvalue weighted by atomic mass is 16.7. The van der Waals surface area contributed by atoms with Crippen LogP contribution in [0.1, 0.15) is 61.3 Å². The Bertz CT molecular complexity index is 1010. The number of carbonyl (C=O) groups excluding carboxylic acids is 5. The predicted molar refractivity (Wildman–Crippen MR) is 129 cm³/mol. The molecule has 0 amide bonds. The van der Waals surface area contributed by atoms with Crippen molar-refractivity contribution < 1.29 is 57.5 Å². The molecule has 0 aromatic rings. The topological polar surface area (TPSA) is 161 Å². The van der Waals surface area contributed by atoms with Crippen molar-refractivity contribution in [2.75, 3.05) is 13.2 Å². The minimum Gasteiger partial charge on any atom is -0.463 e. The van der Waals surface area contributed by atoms with Gasteiger partial charge < -0.3 is 33.5 Å². The van der Waals surface area contributed by atoms with E-state index in [1.54, 1.807) is 0 Å². The molecule has 1 heterocycles. The Labute approximate surface area is 221 Å². The molecule has 0 radical (unpaired) electrons. The Kier molecular flexibility index (Phi) is 10.1. The van der Waals surface area contributed by atoms with Crippen molar-refractivity contribution in [3.63, 3.8) is 0 Å². The monoisotopic (exact) mass is 540 g/mol. The van der Waals surface area contributed by atoms with Gasteiger partial charge in [-0.1, -0.05) is 13.8 Å². The lowest BCUT2D eigenvalue weighted by atomic mass is 9.82. The van der Waals surface area contributed by atoms with Crippen LogP contribution in [0.25, 0.3) is 0 Å². The van der Waals surface area contributed by atoms with E-state index >= 15 is 0 Å². The van der Waals surface area contributed by atoms with E-state index in [4.69, 9.17) is 28.4 Å². The van der Waals surface area contributed by atoms with Crippen LogP contribution in [0.3, 0.4) is 0 Å². The lowest BCUT2D eigenvalue weighted by Crippen LogP contribution is -2.56. The minimum absolute atomic E-state index is 0.0302. The van der Waals surface area contributed by atoms with Crippen LogP contribution in [0.15, 0.2) is 23.5 Å². The Morgan fingerprint density at radius 1 is 1.00 bits per heavy atom. The fraction of sp³-hybridized carbons (Fsp3) is 0.654. The molecule has 0 aromatic heterocycles. The van der Waals surface area contributed by atoms with Gasteiger partial charge in [0, 0.05) is 32.8 Å². The molecule has 1 aliphatic heterocycles. The molecular weight excluding hydrogens is 504 g/mol. The summed E-state index contributed by atoms with van der Waals surface area (Å²) in [6.45, 7) is 9.39. The molecule has 0 unspecified atom stereocenters. The summed E-state index contributed by atoms with van der Waals surface area (Å²) >= 11 is 0. The van der Waals surface area contributed by atoms with Crippen molar-refractivity contribution in [1.29, 1.82) is 0 Å². The van der Waals surface area contributed by atoms with Crippen LogP contribution in [0.2, 0.25) is 0 Å². The molecule has 0 spiro atoms. The summed E-state index contributed by atoms with van der Waals surface area (Å²) in [5.74, 6) is -4.51. The van der Waals surface area contributed by atoms with Crippen molar-refractivity contribution >= 4 is 29.8 Å². The molecule has 2 rings (SSSR count). The average Bonchev–Trinajstić information content (AvgIpc) is 3.02. The van der Waals surface area contributed by atoms with Gasteiger partial charge in [-0.15, -0.1) is 0 Å². The van der Waals surface area contributed by atoms with Gasteiger partial charge in [-0.25, -0.2) is 0 Å². The quantitative estimate of drug-likeness (QED) is 0.300. The van der Waals surface area contributed by atoms with Crippen molar-refractivity contribution in [3.8, 4) is 0 Å². The van der Waals surface area contributed by atoms with E-state index in [0.717, 1.165) is 6.92 Å². The van der Waals surface area contributed by atoms with E-state index < -0.39 is 66.0 Å². The second-order valence-corrected chi connectivity index (χ2v) is 10.3. The third-order valence-electron chi connectivity index (χ3n) is 5.69. The third-order valence-corrected chi connectivity index (χ3v) is 5.69. The Morgan fingerprint density at radius 3 is 2.18 bits per heavy atom. The molecule has 4 atom stereocenters. The highest BCUT2D eigenvalue weighted by molar-refractivity contribution is 5.73. The maximum absolute atomic E-state index is 12.8. The van der Waals surface area contributed by atoms with Gasteiger partial charge in [0.15, 0.2) is 11.7 Å². The van der Waals surface area contributed by atoms with Crippen LogP contribution >= 0.6 is 0 Å². The van der Waals surface area contributed by atoms with E-state index in [9.17, 15) is 29.1 Å². The molecule has 38 heavy (non-hydrogen) atoms. The van der Waals surface area contributed by atoms with Crippen LogP contribution in [-0.2, 0) is 52.4 Å². The first-order valence-electron chi connectivity index (χ1n) is 12.2. The molecule has 1 aliphatic carbocycles. The predicted octanol–water partition coefficient (Wildman–Crippen LogP) is 1.87. The number of aliphatic hydroxyl groups is 1. The molecule has 0 bridgehead atoms. The summed E-state index contributed by atoms with van der Waals surface area (Å²) in [6, 6.07) is 0. The first-order chi connectivity index (χ1) is 17.5. The third kappa shape index (κ3) is 8.30. The number of ether oxygens (including phenoxy) is 6. The number of esters is 5. The fourth-order valence-electron chi connectivity index (χ4n) is 4.23. The summed E-state index contributed by atoms with van der Waals surface area (Å²) in [5, 5.41) is 11.8. The number of carbonyl (C=O) groups is 5. The molecule has 12 nitrogen and oxygen atoms in total. The van der Waals surface area contributed by atoms with Crippen LogP contribution in [0, 0.1) is 11.8 Å². The van der Waals surface area contributed by atoms with E-state index in [1.165, 1.54) is 40.0 Å². The van der Waals surface area contributed by atoms with Crippen LogP contribution in [0.5, 0.6) is 0 Å². The second-order valence-electron chi connectivity index (χ2n) is 10.3. The summed E-state index contributed by atoms with van der Waals surface area (Å²) in [5.41, 5.74) is -2.64. The number of hydrogen-bond acceptors (Lipinski definition) is 12. The van der Waals surface area contributed by atoms with Gasteiger partial charge in [-0.3, -0.25) is 24.0 Å². The van der Waals surface area contributed by atoms with Gasteiger partial charge in [0.1, 0.15) is 18.8 Å². The molecule has 0 aromatic carbocycles. The van der Waals surface area contributed by atoms with Crippen molar-refractivity contribution in [1.82, 2.24) is 0 Å². The second kappa shape index (κ2) is 12.4. The fourth-order valence-corrected chi connectivity index (χ4v) is 4.23. The van der Waals surface area contributed by atoms with Gasteiger partial charge in [-0.2, -0.15) is 0 Å². The van der Waals surface area contributed by atoms with E-state index in [2.05, 4.69) is 0 Å². The highest BCUT2D eigenvalue weighted by Crippen LogP contribution is 2.47. The normalized spacial score (nSPS) is 24.3. The lowest BCUT2D eigenvalue weighted by molar-refractivity contribution is -0.219. The van der Waals surface area contributed by atoms with Gasteiger partial charge in [0.25, 0.3) is 6.29 Å². The Morgan fingerprint density at radius 2 is 1.63 bits per heavy atom. The van der Waals surface area contributed by atoms with Crippen molar-refractivity contribution in [3.05, 3.63) is 23.5 Å². The highest BCUT2D eigenvalue weighted by Gasteiger charge is 2.59. The molecule has 12 heteroatoms. The zero-order chi connectivity index (χ0) is 28.8. The van der Waals surface area contributed by atoms with Gasteiger partial charge in [0.05, 0.1) is 18.6 Å². The zero-order valence-corrected chi connectivity index (χ0v) is 22.7. The largest absolute Gasteiger partial charge is 0.463 e. The maximum Gasteiger partial charge on any atom is 0.312 e. The molecule has 1 N–H and O–H groups in total. The first-order valence-corrected chi connectivity index (χ1v) is 12.2. The van der Waals surface area contributed by atoms with Gasteiger partial charge >= 0.3 is 29.8 Å². The molecule has 212 valence electrons. The number of fused-ring (bicyclic) bond motifs is 1. The number of rotatable bonds is 11. The van der Waals surface area contributed by atoms with Crippen molar-refractivity contribution in [2.24, 2.45) is 11.8 Å². The lowest BCUT2D eigenvalue weighted by Gasteiger charge is -2.40. The molecular formula is C26H36O12. The van der Waals surface area contributed by atoms with Gasteiger partial charge in [-0.05, 0) is 31.4 Å². The van der Waals surface area contributed by atoms with Crippen molar-refractivity contribution in [2.45, 2.75) is 84.9 Å². The molecule has 0 saturated carbocycles. The SMILES string of the molecule is CC(=O)OCC1=CO[C@@H](OC(=O)CC(C)(C)OC(C)=O)[C@H]2C1=C[C@H](OC(=O)CC(C)C)[C@]2(O)COC(C)=O. The Hall–Kier alpha value is -3.41. The maximum atomic E-state index is 12.8. The number of hydrogen-bond donors (Lipinski definition) is 1. The minimum atomic E-state index is -2.10. The van der Waals surface area contributed by atoms with Crippen LogP contribution in [0.4, 0.5) is 0 Å². The average molecular weight is 541 g/mol. The summed E-state index contributed by atoms with van der Waals surface area (Å²) in [7, 11) is 0. The van der Waals surface area contributed by atoms with E-state index in [-0.39, 0.29) is 25.4 Å². The molecule has 0 saturated heterocycles. The Balaban J connectivity index is 2.44. The first kappa shape index (κ1) is 30.8. The standard InChI is InChI=1S/C26H36O12/c1-14(2)8-21(30)36-20-9-19-18(11-33-15(3)27)12-34-24(23(19)26(20,32)13-35-16(4)28)37-22(31)10-25(6,7)38-17(5)29/h9,12,14,20,23-24,32H,8,10-11,13H2,1-7H3/t20-,23+,24-,26+/m0/s1. The van der Waals surface area contributed by atoms with Crippen LogP contribution < -0.4 is 0 Å². The van der Waals surface area contributed by atoms with Gasteiger partial charge in [0.2, 0.25) is 0 Å². The van der Waals surface area contributed by atoms with E-state index in [0.29, 0.717) is 11.1 Å². The summed E-state index contributed by atoms with van der Waals surface area (Å²) < 4.78 is 32.1. The zero-order valence-electron chi connectivity index (χ0n) is 22.7. The van der Waals surface area contributed by atoms with Crippen LogP contribution in [-0.4, -0.2) is 71.8 Å². The van der Waals surface area contributed by atoms with E-state index in [1.807, 2.05) is 13.8 Å². The molecule has 2 aliphatic rings.